The third-order valence-corrected chi connectivity index (χ3v) is 4.55. The molecule has 3 heterocycles. The Bertz CT molecular complexity index is 912. The number of ether oxygens (including phenoxy) is 1. The number of rotatable bonds is 3. The standard InChI is InChI=1S/C16H17F4N5O3/c1-8-6-24(13(26)15(2,27)16(18,19)20)7-9-4-22-25(11(8)9)12-10(17)5-21-14(23-12)28-3/h4-5,8,27H,6-7H2,1-3H3/t8-,15+/m0/s1. The topological polar surface area (TPSA) is 93.4 Å². The summed E-state index contributed by atoms with van der Waals surface area (Å²) in [5.74, 6) is -2.90. The van der Waals surface area contributed by atoms with Crippen LogP contribution in [-0.2, 0) is 11.3 Å². The van der Waals surface area contributed by atoms with Crippen LogP contribution >= 0.6 is 0 Å². The molecule has 2 atom stereocenters. The number of amides is 1. The van der Waals surface area contributed by atoms with Crippen LogP contribution in [-0.4, -0.2) is 61.1 Å². The van der Waals surface area contributed by atoms with E-state index in [1.165, 1.54) is 18.0 Å². The minimum Gasteiger partial charge on any atom is -0.467 e. The van der Waals surface area contributed by atoms with Gasteiger partial charge in [-0.2, -0.15) is 23.3 Å². The Morgan fingerprint density at radius 3 is 2.64 bits per heavy atom. The molecule has 0 unspecified atom stereocenters. The molecule has 0 fully saturated rings. The largest absolute Gasteiger partial charge is 0.467 e. The minimum absolute atomic E-state index is 0.0814. The van der Waals surface area contributed by atoms with Gasteiger partial charge in [-0.25, -0.2) is 14.1 Å². The van der Waals surface area contributed by atoms with E-state index in [0.29, 0.717) is 18.2 Å². The number of aliphatic hydroxyl groups is 1. The van der Waals surface area contributed by atoms with E-state index in [2.05, 4.69) is 15.1 Å². The summed E-state index contributed by atoms with van der Waals surface area (Å²) >= 11 is 0. The number of methoxy groups -OCH3 is 1. The zero-order valence-corrected chi connectivity index (χ0v) is 15.2. The van der Waals surface area contributed by atoms with Crippen molar-refractivity contribution in [1.29, 1.82) is 0 Å². The van der Waals surface area contributed by atoms with Crippen LogP contribution in [0.5, 0.6) is 6.01 Å². The Balaban J connectivity index is 1.96. The number of nitrogens with zero attached hydrogens (tertiary/aromatic N) is 5. The van der Waals surface area contributed by atoms with E-state index in [0.717, 1.165) is 11.1 Å². The number of hydrogen-bond acceptors (Lipinski definition) is 6. The van der Waals surface area contributed by atoms with Crippen LogP contribution in [0.15, 0.2) is 12.4 Å². The van der Waals surface area contributed by atoms with E-state index in [1.54, 1.807) is 6.92 Å². The maximum Gasteiger partial charge on any atom is 0.426 e. The van der Waals surface area contributed by atoms with Crippen molar-refractivity contribution in [3.63, 3.8) is 0 Å². The summed E-state index contributed by atoms with van der Waals surface area (Å²) in [5.41, 5.74) is -2.59. The summed E-state index contributed by atoms with van der Waals surface area (Å²) in [7, 11) is 1.31. The molecule has 1 aliphatic heterocycles. The second-order valence-electron chi connectivity index (χ2n) is 6.65. The van der Waals surface area contributed by atoms with Gasteiger partial charge < -0.3 is 14.7 Å². The maximum atomic E-state index is 14.2. The average molecular weight is 403 g/mol. The summed E-state index contributed by atoms with van der Waals surface area (Å²) in [6.45, 7) is 1.73. The Morgan fingerprint density at radius 2 is 2.04 bits per heavy atom. The molecule has 8 nitrogen and oxygen atoms in total. The summed E-state index contributed by atoms with van der Waals surface area (Å²) < 4.78 is 59.3. The molecule has 1 aliphatic rings. The highest BCUT2D eigenvalue weighted by Gasteiger charge is 2.57. The molecule has 1 N–H and O–H groups in total. The molecule has 0 bridgehead atoms. The zero-order valence-electron chi connectivity index (χ0n) is 15.2. The number of fused-ring (bicyclic) bond motifs is 1. The Morgan fingerprint density at radius 1 is 1.36 bits per heavy atom. The lowest BCUT2D eigenvalue weighted by atomic mass is 9.95. The molecule has 152 valence electrons. The molecule has 12 heteroatoms. The molecule has 0 aromatic carbocycles. The first-order valence-corrected chi connectivity index (χ1v) is 8.19. The van der Waals surface area contributed by atoms with E-state index < -0.39 is 29.4 Å². The van der Waals surface area contributed by atoms with Crippen molar-refractivity contribution >= 4 is 5.91 Å². The first-order chi connectivity index (χ1) is 13.0. The molecule has 1 amide bonds. The van der Waals surface area contributed by atoms with E-state index in [1.807, 2.05) is 0 Å². The number of carbonyl (C=O) groups excluding carboxylic acids is 1. The minimum atomic E-state index is -5.11. The molecule has 0 saturated heterocycles. The Hall–Kier alpha value is -2.76. The number of aromatic nitrogens is 4. The van der Waals surface area contributed by atoms with Gasteiger partial charge in [0.1, 0.15) is 0 Å². The second-order valence-corrected chi connectivity index (χ2v) is 6.65. The van der Waals surface area contributed by atoms with Crippen LogP contribution in [0, 0.1) is 5.82 Å². The highest BCUT2D eigenvalue weighted by atomic mass is 19.4. The van der Waals surface area contributed by atoms with Crippen LogP contribution in [0.1, 0.15) is 31.0 Å². The van der Waals surface area contributed by atoms with E-state index in [-0.39, 0.29) is 24.9 Å². The first kappa shape index (κ1) is 20.0. The fraction of sp³-hybridized carbons (Fsp3) is 0.500. The predicted molar refractivity (Wildman–Crippen MR) is 86.2 cm³/mol. The predicted octanol–water partition coefficient (Wildman–Crippen LogP) is 1.57. The Labute approximate surface area is 156 Å². The molecule has 0 spiro atoms. The van der Waals surface area contributed by atoms with Gasteiger partial charge >= 0.3 is 12.2 Å². The molecule has 2 aromatic rings. The van der Waals surface area contributed by atoms with Crippen LogP contribution in [0.4, 0.5) is 17.6 Å². The average Bonchev–Trinajstić information content (AvgIpc) is 3.04. The Kier molecular flexibility index (Phi) is 4.77. The second kappa shape index (κ2) is 6.69. The smallest absolute Gasteiger partial charge is 0.426 e. The fourth-order valence-electron chi connectivity index (χ4n) is 3.07. The van der Waals surface area contributed by atoms with Gasteiger partial charge in [0.05, 0.1) is 25.2 Å². The normalized spacial score (nSPS) is 19.1. The molecule has 3 rings (SSSR count). The van der Waals surface area contributed by atoms with Gasteiger partial charge in [-0.15, -0.1) is 0 Å². The first-order valence-electron chi connectivity index (χ1n) is 8.19. The monoisotopic (exact) mass is 403 g/mol. The lowest BCUT2D eigenvalue weighted by molar-refractivity contribution is -0.250. The van der Waals surface area contributed by atoms with Gasteiger partial charge in [0, 0.05) is 24.6 Å². The van der Waals surface area contributed by atoms with Gasteiger partial charge in [0.15, 0.2) is 11.6 Å². The van der Waals surface area contributed by atoms with Crippen molar-refractivity contribution in [2.24, 2.45) is 0 Å². The van der Waals surface area contributed by atoms with Gasteiger partial charge in [-0.1, -0.05) is 6.92 Å². The quantitative estimate of drug-likeness (QED) is 0.782. The highest BCUT2D eigenvalue weighted by molar-refractivity contribution is 5.85. The molecule has 2 aromatic heterocycles. The molecule has 0 aliphatic carbocycles. The molecule has 0 radical (unpaired) electrons. The van der Waals surface area contributed by atoms with Crippen LogP contribution in [0.25, 0.3) is 5.82 Å². The molecular weight excluding hydrogens is 386 g/mol. The molecule has 0 saturated carbocycles. The van der Waals surface area contributed by atoms with Gasteiger partial charge in [0.2, 0.25) is 5.60 Å². The third kappa shape index (κ3) is 3.17. The number of hydrogen-bond donors (Lipinski definition) is 1. The van der Waals surface area contributed by atoms with Crippen LogP contribution < -0.4 is 4.74 Å². The van der Waals surface area contributed by atoms with Crippen molar-refractivity contribution in [3.05, 3.63) is 29.5 Å². The van der Waals surface area contributed by atoms with Gasteiger partial charge in [-0.3, -0.25) is 4.79 Å². The summed E-state index contributed by atoms with van der Waals surface area (Å²) in [6.07, 6.45) is -2.88. The van der Waals surface area contributed by atoms with Crippen molar-refractivity contribution in [1.82, 2.24) is 24.6 Å². The van der Waals surface area contributed by atoms with Gasteiger partial charge in [0.25, 0.3) is 5.91 Å². The number of alkyl halides is 3. The van der Waals surface area contributed by atoms with Crippen LogP contribution in [0.3, 0.4) is 0 Å². The summed E-state index contributed by atoms with van der Waals surface area (Å²) in [5, 5.41) is 13.7. The van der Waals surface area contributed by atoms with E-state index >= 15 is 0 Å². The fourth-order valence-corrected chi connectivity index (χ4v) is 3.07. The molecular formula is C16H17F4N5O3. The summed E-state index contributed by atoms with van der Waals surface area (Å²) in [4.78, 5) is 20.7. The van der Waals surface area contributed by atoms with E-state index in [9.17, 15) is 27.5 Å². The van der Waals surface area contributed by atoms with Crippen molar-refractivity contribution in [3.8, 4) is 11.8 Å². The van der Waals surface area contributed by atoms with Gasteiger partial charge in [-0.05, 0) is 6.92 Å². The maximum absolute atomic E-state index is 14.2. The lowest BCUT2D eigenvalue weighted by Crippen LogP contribution is -2.57. The highest BCUT2D eigenvalue weighted by Crippen LogP contribution is 2.35. The molecule has 28 heavy (non-hydrogen) atoms. The third-order valence-electron chi connectivity index (χ3n) is 4.55. The zero-order chi connectivity index (χ0) is 20.9. The summed E-state index contributed by atoms with van der Waals surface area (Å²) in [6, 6.07) is -0.0814. The SMILES string of the molecule is COc1ncc(F)c(-n2ncc3c2[C@@H](C)CN(C(=O)[C@@](C)(O)C(F)(F)F)C3)n1. The van der Waals surface area contributed by atoms with E-state index in [4.69, 9.17) is 4.74 Å². The van der Waals surface area contributed by atoms with Crippen LogP contribution in [0.2, 0.25) is 0 Å². The van der Waals surface area contributed by atoms with Crippen molar-refractivity contribution in [2.45, 2.75) is 38.1 Å². The van der Waals surface area contributed by atoms with Crippen molar-refractivity contribution in [2.75, 3.05) is 13.7 Å². The lowest BCUT2D eigenvalue weighted by Gasteiger charge is -2.36. The number of carbonyl (C=O) groups is 1. The van der Waals surface area contributed by atoms with Crippen molar-refractivity contribution < 1.29 is 32.2 Å². The number of halogens is 4.